The maximum Gasteiger partial charge on any atom is 0.434 e. The smallest absolute Gasteiger partial charge is 0.434 e. The highest BCUT2D eigenvalue weighted by atomic mass is 19.4. The van der Waals surface area contributed by atoms with Crippen LogP contribution in [0.25, 0.3) is 0 Å². The lowest BCUT2D eigenvalue weighted by Gasteiger charge is -2.37. The highest BCUT2D eigenvalue weighted by Crippen LogP contribution is 2.36. The number of nitrogens with zero attached hydrogens (tertiary/aromatic N) is 3. The Labute approximate surface area is 198 Å². The van der Waals surface area contributed by atoms with E-state index in [2.05, 4.69) is 4.74 Å². The molecule has 1 N–H and O–H groups in total. The van der Waals surface area contributed by atoms with Crippen molar-refractivity contribution in [2.24, 2.45) is 5.92 Å². The number of rotatable bonds is 5. The van der Waals surface area contributed by atoms with Gasteiger partial charge < -0.3 is 19.6 Å². The Bertz CT molecular complexity index is 901. The van der Waals surface area contributed by atoms with Gasteiger partial charge in [-0.25, -0.2) is 4.79 Å². The lowest BCUT2D eigenvalue weighted by molar-refractivity contribution is -0.308. The van der Waals surface area contributed by atoms with Crippen LogP contribution in [0.15, 0.2) is 18.2 Å². The molecule has 0 aliphatic carbocycles. The maximum absolute atomic E-state index is 12.7. The van der Waals surface area contributed by atoms with E-state index < -0.39 is 36.4 Å². The molecule has 2 saturated heterocycles. The number of hydrogen-bond donors (Lipinski definition) is 1. The third kappa shape index (κ3) is 6.92. The van der Waals surface area contributed by atoms with Gasteiger partial charge in [0.25, 0.3) is 6.10 Å². The summed E-state index contributed by atoms with van der Waals surface area (Å²) in [5.41, 5.74) is 2.82. The number of carbonyl (C=O) groups is 2. The molecule has 1 amide bonds. The SMILES string of the molecule is Cc1ccc(CN2CCN(C(=O)OC(C(F)(F)F)C(F)(F)F)CC2)c(N2CCC[C@H](C(=O)O)C2)c1. The molecule has 1 aromatic carbocycles. The van der Waals surface area contributed by atoms with Crippen LogP contribution in [0.1, 0.15) is 24.0 Å². The first-order valence-electron chi connectivity index (χ1n) is 11.1. The van der Waals surface area contributed by atoms with Crippen LogP contribution >= 0.6 is 0 Å². The number of aliphatic carboxylic acids is 1. The van der Waals surface area contributed by atoms with E-state index in [1.54, 1.807) is 0 Å². The van der Waals surface area contributed by atoms with Crippen LogP contribution in [0.4, 0.5) is 36.8 Å². The first kappa shape index (κ1) is 26.9. The van der Waals surface area contributed by atoms with Gasteiger partial charge in [-0.1, -0.05) is 12.1 Å². The second-order valence-corrected chi connectivity index (χ2v) is 8.87. The minimum atomic E-state index is -5.76. The number of carbonyl (C=O) groups excluding carboxylic acids is 1. The number of hydrogen-bond acceptors (Lipinski definition) is 5. The van der Waals surface area contributed by atoms with Crippen LogP contribution in [-0.2, 0) is 16.1 Å². The average Bonchev–Trinajstić information content (AvgIpc) is 2.77. The molecule has 35 heavy (non-hydrogen) atoms. The molecule has 2 heterocycles. The number of anilines is 1. The second-order valence-electron chi connectivity index (χ2n) is 8.87. The number of halogens is 6. The van der Waals surface area contributed by atoms with Gasteiger partial charge in [0.05, 0.1) is 5.92 Å². The number of carboxylic acid groups (broad SMARTS) is 1. The van der Waals surface area contributed by atoms with Gasteiger partial charge in [-0.3, -0.25) is 9.69 Å². The quantitative estimate of drug-likeness (QED) is 0.602. The number of carboxylic acids is 1. The van der Waals surface area contributed by atoms with Gasteiger partial charge in [0.1, 0.15) is 0 Å². The molecule has 196 valence electrons. The molecule has 3 rings (SSSR count). The van der Waals surface area contributed by atoms with Crippen molar-refractivity contribution in [2.45, 2.75) is 44.8 Å². The van der Waals surface area contributed by atoms with Gasteiger partial charge in [0.15, 0.2) is 0 Å². The fourth-order valence-corrected chi connectivity index (χ4v) is 4.32. The van der Waals surface area contributed by atoms with Crippen LogP contribution < -0.4 is 4.90 Å². The molecule has 7 nitrogen and oxygen atoms in total. The summed E-state index contributed by atoms with van der Waals surface area (Å²) >= 11 is 0. The van der Waals surface area contributed by atoms with Crippen LogP contribution in [0, 0.1) is 12.8 Å². The number of alkyl halides is 6. The number of benzene rings is 1. The molecule has 1 atom stereocenters. The summed E-state index contributed by atoms with van der Waals surface area (Å²) in [5.74, 6) is -1.31. The van der Waals surface area contributed by atoms with Gasteiger partial charge in [0, 0.05) is 51.5 Å². The number of piperidine rings is 1. The average molecular weight is 511 g/mol. The van der Waals surface area contributed by atoms with Crippen molar-refractivity contribution < 1.29 is 45.8 Å². The van der Waals surface area contributed by atoms with Gasteiger partial charge in [-0.15, -0.1) is 0 Å². The van der Waals surface area contributed by atoms with Crippen LogP contribution in [0.2, 0.25) is 0 Å². The highest BCUT2D eigenvalue weighted by Gasteiger charge is 2.60. The van der Waals surface area contributed by atoms with Gasteiger partial charge in [0.2, 0.25) is 0 Å². The monoisotopic (exact) mass is 511 g/mol. The Hall–Kier alpha value is -2.70. The molecule has 0 aromatic heterocycles. The number of amides is 1. The van der Waals surface area contributed by atoms with E-state index in [-0.39, 0.29) is 26.2 Å². The summed E-state index contributed by atoms with van der Waals surface area (Å²) in [6.07, 6.45) is -16.0. The standard InChI is InChI=1S/C22H27F6N3O4/c1-14-4-5-15(17(11-14)31-6-2-3-16(13-31)18(32)33)12-29-7-9-30(10-8-29)20(34)35-19(21(23,24)25)22(26,27)28/h4-5,11,16,19H,2-3,6-10,12-13H2,1H3,(H,32,33)/t16-/m0/s1. The summed E-state index contributed by atoms with van der Waals surface area (Å²) in [5, 5.41) is 9.40. The molecule has 0 bridgehead atoms. The van der Waals surface area contributed by atoms with E-state index in [4.69, 9.17) is 0 Å². The van der Waals surface area contributed by atoms with Crippen molar-refractivity contribution >= 4 is 17.7 Å². The van der Waals surface area contributed by atoms with E-state index >= 15 is 0 Å². The Balaban J connectivity index is 1.62. The van der Waals surface area contributed by atoms with Crippen molar-refractivity contribution in [1.29, 1.82) is 0 Å². The van der Waals surface area contributed by atoms with Crippen LogP contribution in [0.5, 0.6) is 0 Å². The van der Waals surface area contributed by atoms with Crippen LogP contribution in [0.3, 0.4) is 0 Å². The van der Waals surface area contributed by atoms with Crippen LogP contribution in [-0.4, -0.2) is 84.7 Å². The Kier molecular flexibility index (Phi) is 8.07. The van der Waals surface area contributed by atoms with E-state index in [1.165, 1.54) is 0 Å². The zero-order valence-corrected chi connectivity index (χ0v) is 19.0. The minimum absolute atomic E-state index is 0.0900. The zero-order chi connectivity index (χ0) is 26.0. The third-order valence-electron chi connectivity index (χ3n) is 6.19. The maximum atomic E-state index is 12.7. The van der Waals surface area contributed by atoms with E-state index in [1.807, 2.05) is 34.9 Å². The Morgan fingerprint density at radius 1 is 1.06 bits per heavy atom. The van der Waals surface area contributed by atoms with Gasteiger partial charge in [-0.05, 0) is 37.0 Å². The van der Waals surface area contributed by atoms with E-state index in [0.717, 1.165) is 28.1 Å². The fourth-order valence-electron chi connectivity index (χ4n) is 4.32. The topological polar surface area (TPSA) is 73.3 Å². The summed E-state index contributed by atoms with van der Waals surface area (Å²) in [4.78, 5) is 28.2. The first-order valence-corrected chi connectivity index (χ1v) is 11.1. The molecule has 0 radical (unpaired) electrons. The van der Waals surface area contributed by atoms with Crippen molar-refractivity contribution in [3.63, 3.8) is 0 Å². The number of ether oxygens (including phenoxy) is 1. The lowest BCUT2D eigenvalue weighted by atomic mass is 9.96. The van der Waals surface area contributed by atoms with Crippen molar-refractivity contribution in [3.05, 3.63) is 29.3 Å². The number of aryl methyl sites for hydroxylation is 1. The van der Waals surface area contributed by atoms with Crippen molar-refractivity contribution in [2.75, 3.05) is 44.2 Å². The minimum Gasteiger partial charge on any atom is -0.481 e. The molecule has 2 fully saturated rings. The van der Waals surface area contributed by atoms with Crippen molar-refractivity contribution in [1.82, 2.24) is 9.80 Å². The predicted molar refractivity (Wildman–Crippen MR) is 113 cm³/mol. The summed E-state index contributed by atoms with van der Waals surface area (Å²) < 4.78 is 79.8. The molecule has 1 aromatic rings. The molecule has 2 aliphatic heterocycles. The van der Waals surface area contributed by atoms with Gasteiger partial charge in [-0.2, -0.15) is 26.3 Å². The largest absolute Gasteiger partial charge is 0.481 e. The second kappa shape index (κ2) is 10.5. The van der Waals surface area contributed by atoms with Gasteiger partial charge >= 0.3 is 24.4 Å². The normalized spacial score (nSPS) is 20.3. The first-order chi connectivity index (χ1) is 16.3. The Morgan fingerprint density at radius 2 is 1.69 bits per heavy atom. The lowest BCUT2D eigenvalue weighted by Crippen LogP contribution is -2.52. The summed E-state index contributed by atoms with van der Waals surface area (Å²) in [7, 11) is 0. The predicted octanol–water partition coefficient (Wildman–Crippen LogP) is 4.04. The molecule has 2 aliphatic rings. The molecular weight excluding hydrogens is 484 g/mol. The van der Waals surface area contributed by atoms with E-state index in [9.17, 15) is 41.0 Å². The molecule has 0 saturated carbocycles. The molecule has 13 heteroatoms. The summed E-state index contributed by atoms with van der Waals surface area (Å²) in [6, 6.07) is 5.81. The molecule has 0 unspecified atom stereocenters. The molecular formula is C22H27F6N3O4. The fraction of sp³-hybridized carbons (Fsp3) is 0.636. The number of piperazine rings is 1. The van der Waals surface area contributed by atoms with Crippen molar-refractivity contribution in [3.8, 4) is 0 Å². The highest BCUT2D eigenvalue weighted by molar-refractivity contribution is 5.71. The molecule has 0 spiro atoms. The summed E-state index contributed by atoms with van der Waals surface area (Å²) in [6.45, 7) is 3.71. The zero-order valence-electron chi connectivity index (χ0n) is 19.0. The Morgan fingerprint density at radius 3 is 2.26 bits per heavy atom. The van der Waals surface area contributed by atoms with E-state index in [0.29, 0.717) is 26.1 Å². The third-order valence-corrected chi connectivity index (χ3v) is 6.19.